The maximum Gasteiger partial charge on any atom is 0.459 e. The number of unbranched alkanes of at least 4 members (excludes halogenated alkanes) is 4. The maximum atomic E-state index is 12.7. The molecule has 0 rings (SSSR count). The highest BCUT2D eigenvalue weighted by Crippen LogP contribution is 2.44. The summed E-state index contributed by atoms with van der Waals surface area (Å²) in [7, 11) is 0. The largest absolute Gasteiger partial charge is 0.459 e. The van der Waals surface area contributed by atoms with Crippen molar-refractivity contribution < 1.29 is 32.2 Å². The summed E-state index contributed by atoms with van der Waals surface area (Å²) in [5.74, 6) is -9.54. The van der Waals surface area contributed by atoms with Gasteiger partial charge in [-0.3, -0.25) is 0 Å². The zero-order valence-corrected chi connectivity index (χ0v) is 9.53. The number of hydrogen-bond donors (Lipinski definition) is 2. The van der Waals surface area contributed by atoms with Gasteiger partial charge >= 0.3 is 12.1 Å². The fourth-order valence-corrected chi connectivity index (χ4v) is 1.36. The first-order chi connectivity index (χ1) is 7.56. The molecular formula is C10H17F5O2. The van der Waals surface area contributed by atoms with Crippen molar-refractivity contribution in [2.45, 2.75) is 63.3 Å². The van der Waals surface area contributed by atoms with E-state index in [0.29, 0.717) is 12.8 Å². The number of hydrogen-bond acceptors (Lipinski definition) is 2. The molecule has 7 heteroatoms. The van der Waals surface area contributed by atoms with Crippen LogP contribution in [0.5, 0.6) is 0 Å². The summed E-state index contributed by atoms with van der Waals surface area (Å²) in [5.41, 5.74) is 0. The fourth-order valence-electron chi connectivity index (χ4n) is 1.36. The Morgan fingerprint density at radius 3 is 1.71 bits per heavy atom. The molecule has 0 bridgehead atoms. The van der Waals surface area contributed by atoms with Gasteiger partial charge in [-0.25, -0.2) is 0 Å². The molecular weight excluding hydrogens is 247 g/mol. The Balaban J connectivity index is 4.28. The normalized spacial score (nSPS) is 14.1. The van der Waals surface area contributed by atoms with Crippen LogP contribution in [0.25, 0.3) is 0 Å². The smallest absolute Gasteiger partial charge is 0.361 e. The van der Waals surface area contributed by atoms with E-state index in [1.807, 2.05) is 6.92 Å². The molecule has 0 aliphatic heterocycles. The van der Waals surface area contributed by atoms with Gasteiger partial charge in [0.05, 0.1) is 0 Å². The zero-order chi connectivity index (χ0) is 13.7. The molecule has 17 heavy (non-hydrogen) atoms. The first-order valence-corrected chi connectivity index (χ1v) is 5.45. The second kappa shape index (κ2) is 5.95. The van der Waals surface area contributed by atoms with Crippen molar-refractivity contribution >= 4 is 0 Å². The molecule has 0 heterocycles. The summed E-state index contributed by atoms with van der Waals surface area (Å²) in [5, 5.41) is 17.6. The van der Waals surface area contributed by atoms with E-state index in [2.05, 4.69) is 0 Å². The Hall–Kier alpha value is -0.430. The summed E-state index contributed by atoms with van der Waals surface area (Å²) in [4.78, 5) is 0. The van der Waals surface area contributed by atoms with Gasteiger partial charge in [0.25, 0.3) is 0 Å². The molecule has 0 aromatic carbocycles. The van der Waals surface area contributed by atoms with Crippen molar-refractivity contribution in [3.8, 4) is 0 Å². The predicted octanol–water partition coefficient (Wildman–Crippen LogP) is 3.23. The Morgan fingerprint density at radius 1 is 0.824 bits per heavy atom. The third-order valence-electron chi connectivity index (χ3n) is 2.49. The summed E-state index contributed by atoms with van der Waals surface area (Å²) in [6.45, 7) is 1.92. The Kier molecular flexibility index (Phi) is 5.80. The van der Waals surface area contributed by atoms with E-state index in [0.717, 1.165) is 12.8 Å². The van der Waals surface area contributed by atoms with Gasteiger partial charge in [-0.05, 0) is 6.42 Å². The molecule has 2 N–H and O–H groups in total. The van der Waals surface area contributed by atoms with Gasteiger partial charge in [0, 0.05) is 6.42 Å². The average Bonchev–Trinajstić information content (AvgIpc) is 2.15. The molecule has 0 aromatic heterocycles. The molecule has 0 spiro atoms. The van der Waals surface area contributed by atoms with Crippen LogP contribution in [0.3, 0.4) is 0 Å². The first kappa shape index (κ1) is 16.6. The first-order valence-electron chi connectivity index (χ1n) is 5.45. The van der Waals surface area contributed by atoms with E-state index >= 15 is 0 Å². The standard InChI is InChI=1S/C10H17F5O2/c1-2-3-4-5-6-7-8(16,17)9(11,12)10(13,14)15/h16-17H,2-7H2,1H3. The monoisotopic (exact) mass is 264 g/mol. The topological polar surface area (TPSA) is 40.5 Å². The molecule has 0 saturated carbocycles. The van der Waals surface area contributed by atoms with Crippen LogP contribution >= 0.6 is 0 Å². The fraction of sp³-hybridized carbons (Fsp3) is 1.00. The van der Waals surface area contributed by atoms with Gasteiger partial charge in [0.2, 0.25) is 5.79 Å². The highest BCUT2D eigenvalue weighted by atomic mass is 19.4. The zero-order valence-electron chi connectivity index (χ0n) is 9.53. The molecule has 104 valence electrons. The van der Waals surface area contributed by atoms with Crippen LogP contribution in [0, 0.1) is 0 Å². The minimum absolute atomic E-state index is 0.0847. The SMILES string of the molecule is CCCCCCCC(O)(O)C(F)(F)C(F)(F)F. The molecule has 0 fully saturated rings. The summed E-state index contributed by atoms with van der Waals surface area (Å²) in [6, 6.07) is 0. The molecule has 0 unspecified atom stereocenters. The molecule has 0 aliphatic carbocycles. The van der Waals surface area contributed by atoms with Crippen LogP contribution in [-0.2, 0) is 0 Å². The molecule has 0 atom stereocenters. The molecule has 2 nitrogen and oxygen atoms in total. The summed E-state index contributed by atoms with van der Waals surface area (Å²) in [6.07, 6.45) is -4.25. The Labute approximate surface area is 96.4 Å². The van der Waals surface area contributed by atoms with Crippen LogP contribution in [0.15, 0.2) is 0 Å². The van der Waals surface area contributed by atoms with Crippen molar-refractivity contribution in [2.75, 3.05) is 0 Å². The number of halogens is 5. The van der Waals surface area contributed by atoms with E-state index in [1.165, 1.54) is 0 Å². The lowest BCUT2D eigenvalue weighted by atomic mass is 10.00. The van der Waals surface area contributed by atoms with Gasteiger partial charge < -0.3 is 10.2 Å². The van der Waals surface area contributed by atoms with Crippen molar-refractivity contribution in [3.05, 3.63) is 0 Å². The third-order valence-corrected chi connectivity index (χ3v) is 2.49. The molecule has 0 amide bonds. The van der Waals surface area contributed by atoms with Crippen LogP contribution in [0.1, 0.15) is 45.4 Å². The van der Waals surface area contributed by atoms with Crippen LogP contribution in [0.4, 0.5) is 22.0 Å². The molecule has 0 radical (unpaired) electrons. The van der Waals surface area contributed by atoms with Gasteiger partial charge in [-0.1, -0.05) is 32.6 Å². The molecule has 0 aliphatic rings. The van der Waals surface area contributed by atoms with Crippen molar-refractivity contribution in [3.63, 3.8) is 0 Å². The second-order valence-corrected chi connectivity index (χ2v) is 4.05. The average molecular weight is 264 g/mol. The van der Waals surface area contributed by atoms with Crippen molar-refractivity contribution in [1.82, 2.24) is 0 Å². The lowest BCUT2D eigenvalue weighted by molar-refractivity contribution is -0.395. The van der Waals surface area contributed by atoms with Crippen LogP contribution < -0.4 is 0 Å². The van der Waals surface area contributed by atoms with Gasteiger partial charge in [0.1, 0.15) is 0 Å². The van der Waals surface area contributed by atoms with Crippen molar-refractivity contribution in [1.29, 1.82) is 0 Å². The second-order valence-electron chi connectivity index (χ2n) is 4.05. The van der Waals surface area contributed by atoms with E-state index in [9.17, 15) is 22.0 Å². The molecule has 0 aromatic rings. The molecule has 0 saturated heterocycles. The summed E-state index contributed by atoms with van der Waals surface area (Å²) >= 11 is 0. The van der Waals surface area contributed by atoms with Gasteiger partial charge in [-0.2, -0.15) is 22.0 Å². The third kappa shape index (κ3) is 4.39. The van der Waals surface area contributed by atoms with E-state index < -0.39 is 24.3 Å². The maximum absolute atomic E-state index is 12.7. The van der Waals surface area contributed by atoms with E-state index in [-0.39, 0.29) is 6.42 Å². The quantitative estimate of drug-likeness (QED) is 0.421. The Bertz CT molecular complexity index is 225. The van der Waals surface area contributed by atoms with Gasteiger partial charge in [-0.15, -0.1) is 0 Å². The number of alkyl halides is 5. The minimum Gasteiger partial charge on any atom is -0.361 e. The lowest BCUT2D eigenvalue weighted by Gasteiger charge is -2.32. The van der Waals surface area contributed by atoms with Crippen LogP contribution in [0.2, 0.25) is 0 Å². The van der Waals surface area contributed by atoms with Crippen LogP contribution in [-0.4, -0.2) is 28.1 Å². The van der Waals surface area contributed by atoms with E-state index in [1.54, 1.807) is 0 Å². The number of aliphatic hydroxyl groups is 2. The summed E-state index contributed by atoms with van der Waals surface area (Å²) < 4.78 is 61.0. The van der Waals surface area contributed by atoms with E-state index in [4.69, 9.17) is 10.2 Å². The predicted molar refractivity (Wildman–Crippen MR) is 51.5 cm³/mol. The van der Waals surface area contributed by atoms with Gasteiger partial charge in [0.15, 0.2) is 0 Å². The minimum atomic E-state index is -5.96. The Morgan fingerprint density at radius 2 is 1.29 bits per heavy atom. The number of rotatable bonds is 7. The lowest BCUT2D eigenvalue weighted by Crippen LogP contribution is -2.57. The highest BCUT2D eigenvalue weighted by molar-refractivity contribution is 4.89. The highest BCUT2D eigenvalue weighted by Gasteiger charge is 2.69. The van der Waals surface area contributed by atoms with Crippen molar-refractivity contribution in [2.24, 2.45) is 0 Å².